The lowest BCUT2D eigenvalue weighted by Gasteiger charge is -2.36. The predicted molar refractivity (Wildman–Crippen MR) is 54.3 cm³/mol. The number of hydrogen-bond acceptors (Lipinski definition) is 4. The standard InChI is InChI=1S/C10H19NO4/c1-8-5-11(6-9(7-13)15-8)10(14)3-2-4-12/h8-9,12-13H,2-7H2,1H3. The van der Waals surface area contributed by atoms with Crippen LogP contribution in [-0.4, -0.2) is 59.5 Å². The molecule has 0 bridgehead atoms. The molecule has 5 heteroatoms. The van der Waals surface area contributed by atoms with Crippen molar-refractivity contribution < 1.29 is 19.7 Å². The van der Waals surface area contributed by atoms with Crippen LogP contribution in [0.25, 0.3) is 0 Å². The summed E-state index contributed by atoms with van der Waals surface area (Å²) < 4.78 is 5.43. The summed E-state index contributed by atoms with van der Waals surface area (Å²) >= 11 is 0. The van der Waals surface area contributed by atoms with Gasteiger partial charge in [-0.2, -0.15) is 0 Å². The van der Waals surface area contributed by atoms with Crippen molar-refractivity contribution in [3.8, 4) is 0 Å². The molecular weight excluding hydrogens is 198 g/mol. The number of hydrogen-bond donors (Lipinski definition) is 2. The summed E-state index contributed by atoms with van der Waals surface area (Å²) in [6, 6.07) is 0. The smallest absolute Gasteiger partial charge is 0.222 e. The van der Waals surface area contributed by atoms with E-state index in [0.717, 1.165) is 0 Å². The minimum atomic E-state index is -0.271. The van der Waals surface area contributed by atoms with E-state index in [1.807, 2.05) is 6.92 Å². The number of rotatable bonds is 4. The lowest BCUT2D eigenvalue weighted by atomic mass is 10.2. The fourth-order valence-electron chi connectivity index (χ4n) is 1.74. The molecule has 0 aromatic carbocycles. The van der Waals surface area contributed by atoms with E-state index in [0.29, 0.717) is 25.9 Å². The van der Waals surface area contributed by atoms with E-state index in [2.05, 4.69) is 0 Å². The van der Waals surface area contributed by atoms with Crippen LogP contribution in [0.15, 0.2) is 0 Å². The van der Waals surface area contributed by atoms with Gasteiger partial charge in [-0.1, -0.05) is 0 Å². The Morgan fingerprint density at radius 1 is 1.47 bits per heavy atom. The van der Waals surface area contributed by atoms with Gasteiger partial charge in [0.15, 0.2) is 0 Å². The first kappa shape index (κ1) is 12.4. The van der Waals surface area contributed by atoms with Gasteiger partial charge >= 0.3 is 0 Å². The van der Waals surface area contributed by atoms with Gasteiger partial charge < -0.3 is 19.8 Å². The largest absolute Gasteiger partial charge is 0.396 e. The van der Waals surface area contributed by atoms with Crippen molar-refractivity contribution in [2.75, 3.05) is 26.3 Å². The molecule has 1 amide bonds. The predicted octanol–water partition coefficient (Wildman–Crippen LogP) is -0.633. The van der Waals surface area contributed by atoms with Gasteiger partial charge in [0.05, 0.1) is 18.8 Å². The molecule has 1 aliphatic heterocycles. The summed E-state index contributed by atoms with van der Waals surface area (Å²) in [5, 5.41) is 17.6. The third-order valence-corrected chi connectivity index (χ3v) is 2.43. The van der Waals surface area contributed by atoms with E-state index in [4.69, 9.17) is 14.9 Å². The maximum Gasteiger partial charge on any atom is 0.222 e. The van der Waals surface area contributed by atoms with Crippen molar-refractivity contribution in [3.05, 3.63) is 0 Å². The highest BCUT2D eigenvalue weighted by atomic mass is 16.5. The van der Waals surface area contributed by atoms with Gasteiger partial charge in [0.1, 0.15) is 0 Å². The van der Waals surface area contributed by atoms with Gasteiger partial charge in [-0.05, 0) is 13.3 Å². The van der Waals surface area contributed by atoms with Crippen LogP contribution >= 0.6 is 0 Å². The van der Waals surface area contributed by atoms with Gasteiger partial charge in [0.2, 0.25) is 5.91 Å². The van der Waals surface area contributed by atoms with Crippen LogP contribution in [-0.2, 0) is 9.53 Å². The molecule has 0 aromatic heterocycles. The molecule has 0 radical (unpaired) electrons. The Hall–Kier alpha value is -0.650. The molecule has 0 saturated carbocycles. The van der Waals surface area contributed by atoms with Crippen LogP contribution in [0.5, 0.6) is 0 Å². The maximum absolute atomic E-state index is 11.6. The van der Waals surface area contributed by atoms with Gasteiger partial charge in [-0.25, -0.2) is 0 Å². The first-order valence-corrected chi connectivity index (χ1v) is 5.32. The van der Waals surface area contributed by atoms with Crippen LogP contribution in [0.1, 0.15) is 19.8 Å². The topological polar surface area (TPSA) is 70.0 Å². The SMILES string of the molecule is CC1CN(C(=O)CCCO)CC(CO)O1. The maximum atomic E-state index is 11.6. The third-order valence-electron chi connectivity index (χ3n) is 2.43. The summed E-state index contributed by atoms with van der Waals surface area (Å²) in [5.74, 6) is 0.0256. The molecule has 2 atom stereocenters. The Labute approximate surface area is 89.6 Å². The van der Waals surface area contributed by atoms with E-state index in [9.17, 15) is 4.79 Å². The third kappa shape index (κ3) is 3.77. The van der Waals surface area contributed by atoms with Crippen molar-refractivity contribution in [2.24, 2.45) is 0 Å². The molecule has 1 aliphatic rings. The molecular formula is C10H19NO4. The Balaban J connectivity index is 2.42. The fraction of sp³-hybridized carbons (Fsp3) is 0.900. The fourth-order valence-corrected chi connectivity index (χ4v) is 1.74. The zero-order valence-corrected chi connectivity index (χ0v) is 9.06. The number of amides is 1. The molecule has 0 aromatic rings. The molecule has 0 spiro atoms. The molecule has 2 N–H and O–H groups in total. The van der Waals surface area contributed by atoms with Crippen LogP contribution < -0.4 is 0 Å². The minimum absolute atomic E-state index is 0.0256. The molecule has 1 saturated heterocycles. The van der Waals surface area contributed by atoms with Crippen LogP contribution in [0.4, 0.5) is 0 Å². The van der Waals surface area contributed by atoms with Crippen LogP contribution in [0.3, 0.4) is 0 Å². The summed E-state index contributed by atoms with van der Waals surface area (Å²) in [7, 11) is 0. The Morgan fingerprint density at radius 3 is 2.80 bits per heavy atom. The van der Waals surface area contributed by atoms with Crippen LogP contribution in [0, 0.1) is 0 Å². The minimum Gasteiger partial charge on any atom is -0.396 e. The van der Waals surface area contributed by atoms with Gasteiger partial charge in [-0.3, -0.25) is 4.79 Å². The van der Waals surface area contributed by atoms with Gasteiger partial charge in [-0.15, -0.1) is 0 Å². The molecule has 88 valence electrons. The van der Waals surface area contributed by atoms with Crippen molar-refractivity contribution in [3.63, 3.8) is 0 Å². The zero-order chi connectivity index (χ0) is 11.3. The molecule has 15 heavy (non-hydrogen) atoms. The molecule has 1 heterocycles. The van der Waals surface area contributed by atoms with E-state index in [1.165, 1.54) is 0 Å². The zero-order valence-electron chi connectivity index (χ0n) is 9.06. The van der Waals surface area contributed by atoms with E-state index in [1.54, 1.807) is 4.90 Å². The summed E-state index contributed by atoms with van der Waals surface area (Å²) in [6.45, 7) is 2.88. The van der Waals surface area contributed by atoms with E-state index in [-0.39, 0.29) is 31.3 Å². The Kier molecular flexibility index (Phi) is 5.01. The number of carbonyl (C=O) groups is 1. The quantitative estimate of drug-likeness (QED) is 0.657. The highest BCUT2D eigenvalue weighted by Crippen LogP contribution is 2.12. The number of ether oxygens (including phenoxy) is 1. The van der Waals surface area contributed by atoms with Crippen molar-refractivity contribution in [1.82, 2.24) is 4.90 Å². The van der Waals surface area contributed by atoms with Crippen molar-refractivity contribution in [1.29, 1.82) is 0 Å². The Morgan fingerprint density at radius 2 is 2.20 bits per heavy atom. The summed E-state index contributed by atoms with van der Waals surface area (Å²) in [6.07, 6.45) is 0.552. The summed E-state index contributed by atoms with van der Waals surface area (Å²) in [5.41, 5.74) is 0. The van der Waals surface area contributed by atoms with Crippen LogP contribution in [0.2, 0.25) is 0 Å². The monoisotopic (exact) mass is 217 g/mol. The lowest BCUT2D eigenvalue weighted by Crippen LogP contribution is -2.50. The molecule has 1 rings (SSSR count). The second-order valence-electron chi connectivity index (χ2n) is 3.88. The lowest BCUT2D eigenvalue weighted by molar-refractivity contribution is -0.147. The number of aliphatic hydroxyl groups excluding tert-OH is 2. The number of morpholine rings is 1. The second-order valence-corrected chi connectivity index (χ2v) is 3.88. The van der Waals surface area contributed by atoms with Gasteiger partial charge in [0.25, 0.3) is 0 Å². The second kappa shape index (κ2) is 6.05. The van der Waals surface area contributed by atoms with E-state index >= 15 is 0 Å². The van der Waals surface area contributed by atoms with Crippen molar-refractivity contribution >= 4 is 5.91 Å². The molecule has 5 nitrogen and oxygen atoms in total. The molecule has 1 fully saturated rings. The van der Waals surface area contributed by atoms with Gasteiger partial charge in [0, 0.05) is 26.1 Å². The number of aliphatic hydroxyl groups is 2. The number of nitrogens with zero attached hydrogens (tertiary/aromatic N) is 1. The highest BCUT2D eigenvalue weighted by molar-refractivity contribution is 5.76. The normalized spacial score (nSPS) is 26.7. The summed E-state index contributed by atoms with van der Waals surface area (Å²) in [4.78, 5) is 13.3. The van der Waals surface area contributed by atoms with E-state index < -0.39 is 0 Å². The highest BCUT2D eigenvalue weighted by Gasteiger charge is 2.27. The Bertz CT molecular complexity index is 210. The number of carbonyl (C=O) groups excluding carboxylic acids is 1. The molecule has 0 aliphatic carbocycles. The first-order chi connectivity index (χ1) is 7.17. The average Bonchev–Trinajstić information content (AvgIpc) is 2.24. The first-order valence-electron chi connectivity index (χ1n) is 5.32. The molecule has 2 unspecified atom stereocenters. The average molecular weight is 217 g/mol. The van der Waals surface area contributed by atoms with Crippen molar-refractivity contribution in [2.45, 2.75) is 32.0 Å².